The van der Waals surface area contributed by atoms with Gasteiger partial charge in [0, 0.05) is 15.6 Å². The number of nitrogens with two attached hydrogens (primary N) is 1. The number of aryl methyl sites for hydroxylation is 1. The van der Waals surface area contributed by atoms with Gasteiger partial charge in [0.1, 0.15) is 11.5 Å². The fourth-order valence-corrected chi connectivity index (χ4v) is 2.46. The molecule has 0 fully saturated rings. The molecule has 0 saturated carbocycles. The second-order valence-corrected chi connectivity index (χ2v) is 5.57. The molecule has 1 aromatic heterocycles. The van der Waals surface area contributed by atoms with Crippen LogP contribution in [0.15, 0.2) is 51.5 Å². The normalized spacial score (nSPS) is 10.8. The van der Waals surface area contributed by atoms with E-state index in [9.17, 15) is 4.39 Å². The van der Waals surface area contributed by atoms with Crippen LogP contribution in [0.3, 0.4) is 0 Å². The Bertz CT molecular complexity index is 814. The molecule has 3 rings (SSSR count). The predicted molar refractivity (Wildman–Crippen MR) is 84.2 cm³/mol. The number of benzene rings is 2. The maximum atomic E-state index is 14.0. The molecule has 2 aromatic carbocycles. The molecule has 5 heteroatoms. The summed E-state index contributed by atoms with van der Waals surface area (Å²) in [6.07, 6.45) is 0. The van der Waals surface area contributed by atoms with Crippen LogP contribution in [-0.4, -0.2) is 5.16 Å². The predicted octanol–water partition coefficient (Wildman–Crippen LogP) is 4.80. The molecule has 0 saturated heterocycles. The van der Waals surface area contributed by atoms with Gasteiger partial charge in [-0.25, -0.2) is 4.39 Å². The zero-order valence-electron chi connectivity index (χ0n) is 11.2. The summed E-state index contributed by atoms with van der Waals surface area (Å²) in [5.41, 5.74) is 9.12. The molecular formula is C16H12BrFN2O. The smallest absolute Gasteiger partial charge is 0.230 e. The molecule has 2 N–H and O–H groups in total. The molecule has 106 valence electrons. The van der Waals surface area contributed by atoms with E-state index in [1.807, 2.05) is 25.1 Å². The molecule has 0 radical (unpaired) electrons. The number of nitrogens with zero attached hydrogens (tertiary/aromatic N) is 1. The van der Waals surface area contributed by atoms with Gasteiger partial charge in [-0.3, -0.25) is 0 Å². The van der Waals surface area contributed by atoms with Crippen LogP contribution in [0.5, 0.6) is 0 Å². The van der Waals surface area contributed by atoms with Crippen LogP contribution in [0.2, 0.25) is 0 Å². The van der Waals surface area contributed by atoms with E-state index in [0.717, 1.165) is 15.6 Å². The largest absolute Gasteiger partial charge is 0.367 e. The highest BCUT2D eigenvalue weighted by atomic mass is 79.9. The van der Waals surface area contributed by atoms with Crippen molar-refractivity contribution in [2.45, 2.75) is 6.92 Å². The third-order valence-electron chi connectivity index (χ3n) is 3.29. The van der Waals surface area contributed by atoms with Crippen molar-refractivity contribution >= 4 is 21.8 Å². The fraction of sp³-hybridized carbons (Fsp3) is 0.0625. The van der Waals surface area contributed by atoms with Crippen molar-refractivity contribution in [2.24, 2.45) is 0 Å². The zero-order chi connectivity index (χ0) is 15.0. The van der Waals surface area contributed by atoms with Crippen LogP contribution < -0.4 is 5.73 Å². The van der Waals surface area contributed by atoms with E-state index in [1.165, 1.54) is 6.07 Å². The van der Waals surface area contributed by atoms with Gasteiger partial charge >= 0.3 is 0 Å². The number of hydrogen-bond donors (Lipinski definition) is 1. The van der Waals surface area contributed by atoms with Crippen molar-refractivity contribution in [3.63, 3.8) is 0 Å². The number of hydrogen-bond acceptors (Lipinski definition) is 3. The van der Waals surface area contributed by atoms with Crippen molar-refractivity contribution in [2.75, 3.05) is 5.73 Å². The van der Waals surface area contributed by atoms with Crippen LogP contribution in [0.1, 0.15) is 5.56 Å². The average molecular weight is 347 g/mol. The van der Waals surface area contributed by atoms with Crippen molar-refractivity contribution in [3.05, 3.63) is 58.3 Å². The summed E-state index contributed by atoms with van der Waals surface area (Å²) >= 11 is 3.45. The van der Waals surface area contributed by atoms with Gasteiger partial charge in [0.15, 0.2) is 0 Å². The lowest BCUT2D eigenvalue weighted by atomic mass is 9.99. The summed E-state index contributed by atoms with van der Waals surface area (Å²) in [7, 11) is 0. The highest BCUT2D eigenvalue weighted by Crippen LogP contribution is 2.38. The lowest BCUT2D eigenvalue weighted by Gasteiger charge is -2.06. The molecule has 3 nitrogen and oxygen atoms in total. The number of aromatic nitrogens is 1. The maximum Gasteiger partial charge on any atom is 0.230 e. The lowest BCUT2D eigenvalue weighted by molar-refractivity contribution is 0.439. The highest BCUT2D eigenvalue weighted by molar-refractivity contribution is 9.10. The molecule has 0 bridgehead atoms. The summed E-state index contributed by atoms with van der Waals surface area (Å²) in [6, 6.07) is 12.2. The Labute approximate surface area is 129 Å². The first-order valence-corrected chi connectivity index (χ1v) is 7.14. The van der Waals surface area contributed by atoms with Crippen molar-refractivity contribution < 1.29 is 8.91 Å². The maximum absolute atomic E-state index is 14.0. The summed E-state index contributed by atoms with van der Waals surface area (Å²) in [5, 5.41) is 3.99. The molecule has 1 heterocycles. The number of rotatable bonds is 2. The van der Waals surface area contributed by atoms with E-state index in [4.69, 9.17) is 10.3 Å². The van der Waals surface area contributed by atoms with Gasteiger partial charge in [0.2, 0.25) is 5.88 Å². The first kappa shape index (κ1) is 13.8. The molecule has 0 atom stereocenters. The molecule has 0 aliphatic heterocycles. The van der Waals surface area contributed by atoms with Crippen molar-refractivity contribution in [3.8, 4) is 22.4 Å². The van der Waals surface area contributed by atoms with Gasteiger partial charge < -0.3 is 10.3 Å². The SMILES string of the molecule is Cc1cc(-c2noc(N)c2-c2ccccc2F)ccc1Br. The van der Waals surface area contributed by atoms with E-state index < -0.39 is 0 Å². The highest BCUT2D eigenvalue weighted by Gasteiger charge is 2.20. The summed E-state index contributed by atoms with van der Waals surface area (Å²) < 4.78 is 20.1. The Kier molecular flexibility index (Phi) is 3.51. The first-order valence-electron chi connectivity index (χ1n) is 6.34. The lowest BCUT2D eigenvalue weighted by Crippen LogP contribution is -1.91. The van der Waals surface area contributed by atoms with Crippen LogP contribution in [0.25, 0.3) is 22.4 Å². The minimum atomic E-state index is -0.359. The zero-order valence-corrected chi connectivity index (χ0v) is 12.8. The fourth-order valence-electron chi connectivity index (χ4n) is 2.22. The quantitative estimate of drug-likeness (QED) is 0.724. The van der Waals surface area contributed by atoms with Gasteiger partial charge in [0.25, 0.3) is 0 Å². The van der Waals surface area contributed by atoms with Crippen LogP contribution in [-0.2, 0) is 0 Å². The number of nitrogen functional groups attached to an aromatic ring is 1. The number of anilines is 1. The average Bonchev–Trinajstić information content (AvgIpc) is 2.84. The summed E-state index contributed by atoms with van der Waals surface area (Å²) in [6.45, 7) is 1.97. The Morgan fingerprint density at radius 3 is 2.67 bits per heavy atom. The van der Waals surface area contributed by atoms with Crippen molar-refractivity contribution in [1.82, 2.24) is 5.16 Å². The Hall–Kier alpha value is -2.14. The van der Waals surface area contributed by atoms with E-state index in [-0.39, 0.29) is 11.7 Å². The Morgan fingerprint density at radius 2 is 1.95 bits per heavy atom. The van der Waals surface area contributed by atoms with Crippen LogP contribution in [0, 0.1) is 12.7 Å². The van der Waals surface area contributed by atoms with Crippen LogP contribution >= 0.6 is 15.9 Å². The monoisotopic (exact) mass is 346 g/mol. The van der Waals surface area contributed by atoms with E-state index in [0.29, 0.717) is 16.8 Å². The van der Waals surface area contributed by atoms with Crippen molar-refractivity contribution in [1.29, 1.82) is 0 Å². The van der Waals surface area contributed by atoms with Gasteiger partial charge in [0.05, 0.1) is 5.56 Å². The second-order valence-electron chi connectivity index (χ2n) is 4.71. The second kappa shape index (κ2) is 5.33. The van der Waals surface area contributed by atoms with Crippen LogP contribution in [0.4, 0.5) is 10.3 Å². The Balaban J connectivity index is 2.22. The topological polar surface area (TPSA) is 52.0 Å². The molecule has 0 unspecified atom stereocenters. The molecule has 21 heavy (non-hydrogen) atoms. The molecule has 0 aliphatic carbocycles. The van der Waals surface area contributed by atoms with Gasteiger partial charge in [-0.05, 0) is 30.7 Å². The molecule has 0 aliphatic rings. The Morgan fingerprint density at radius 1 is 1.19 bits per heavy atom. The molecule has 3 aromatic rings. The summed E-state index contributed by atoms with van der Waals surface area (Å²) in [4.78, 5) is 0. The molecule has 0 amide bonds. The van der Waals surface area contributed by atoms with Gasteiger partial charge in [-0.15, -0.1) is 0 Å². The van der Waals surface area contributed by atoms with Gasteiger partial charge in [-0.2, -0.15) is 0 Å². The molecular weight excluding hydrogens is 335 g/mol. The summed E-state index contributed by atoms with van der Waals surface area (Å²) in [5.74, 6) is -0.252. The van der Waals surface area contributed by atoms with Gasteiger partial charge in [-0.1, -0.05) is 45.4 Å². The molecule has 0 spiro atoms. The van der Waals surface area contributed by atoms with E-state index in [1.54, 1.807) is 18.2 Å². The number of halogens is 2. The standard InChI is InChI=1S/C16H12BrFN2O/c1-9-8-10(6-7-12(9)17)15-14(16(19)21-20-15)11-4-2-3-5-13(11)18/h2-8H,19H2,1H3. The third kappa shape index (κ3) is 2.45. The minimum absolute atomic E-state index is 0.107. The third-order valence-corrected chi connectivity index (χ3v) is 4.18. The minimum Gasteiger partial charge on any atom is -0.367 e. The van der Waals surface area contributed by atoms with E-state index in [2.05, 4.69) is 21.1 Å². The first-order chi connectivity index (χ1) is 10.1. The van der Waals surface area contributed by atoms with E-state index >= 15 is 0 Å².